The number of aromatic nitrogens is 4. The van der Waals surface area contributed by atoms with E-state index in [9.17, 15) is 4.79 Å². The molecule has 0 radical (unpaired) electrons. The van der Waals surface area contributed by atoms with Gasteiger partial charge in [0, 0.05) is 31.4 Å². The van der Waals surface area contributed by atoms with E-state index in [4.69, 9.17) is 24.3 Å². The van der Waals surface area contributed by atoms with Gasteiger partial charge in [-0.3, -0.25) is 4.98 Å². The maximum Gasteiger partial charge on any atom is 0.341 e. The second-order valence-electron chi connectivity index (χ2n) is 9.12. The van der Waals surface area contributed by atoms with Crippen LogP contribution in [0.1, 0.15) is 31.2 Å². The van der Waals surface area contributed by atoms with Crippen LogP contribution in [0, 0.1) is 6.92 Å². The fraction of sp³-hybridized carbons (Fsp3) is 0.480. The summed E-state index contributed by atoms with van der Waals surface area (Å²) in [6.45, 7) is 4.59. The molecule has 1 saturated heterocycles. The molecule has 2 N–H and O–H groups in total. The quantitative estimate of drug-likeness (QED) is 0.479. The first kappa shape index (κ1) is 24.0. The van der Waals surface area contributed by atoms with Gasteiger partial charge in [-0.1, -0.05) is 0 Å². The lowest BCUT2D eigenvalue weighted by Gasteiger charge is -2.31. The number of morpholine rings is 1. The zero-order valence-electron chi connectivity index (χ0n) is 20.2. The molecule has 0 amide bonds. The van der Waals surface area contributed by atoms with Gasteiger partial charge in [0.05, 0.1) is 36.5 Å². The van der Waals surface area contributed by atoms with Gasteiger partial charge in [-0.15, -0.1) is 0 Å². The highest BCUT2D eigenvalue weighted by Gasteiger charge is 2.25. The molecule has 1 saturated carbocycles. The van der Waals surface area contributed by atoms with E-state index in [-0.39, 0.29) is 12.1 Å². The Labute approximate surface area is 208 Å². The van der Waals surface area contributed by atoms with Crippen molar-refractivity contribution in [3.05, 3.63) is 36.3 Å². The SMILES string of the molecule is Cc1cnc2cc(N3CCOCC3)nc(O[C@H]3CC[C@@H](Nc4ncc(OCC(=O)O)cn4)CC3)c2c1. The first-order valence-electron chi connectivity index (χ1n) is 12.2. The van der Waals surface area contributed by atoms with E-state index in [2.05, 4.69) is 31.2 Å². The number of fused-ring (bicyclic) bond motifs is 1. The number of carboxylic acid groups (broad SMARTS) is 1. The van der Waals surface area contributed by atoms with Crippen LogP contribution in [-0.2, 0) is 9.53 Å². The van der Waals surface area contributed by atoms with Crippen molar-refractivity contribution in [2.24, 2.45) is 0 Å². The minimum atomic E-state index is -1.04. The van der Waals surface area contributed by atoms with Crippen molar-refractivity contribution in [3.8, 4) is 11.6 Å². The molecular weight excluding hydrogens is 464 g/mol. The maximum atomic E-state index is 10.6. The number of aryl methyl sites for hydroxylation is 1. The second kappa shape index (κ2) is 10.9. The molecule has 2 fully saturated rings. The number of hydrogen-bond donors (Lipinski definition) is 2. The third-order valence-corrected chi connectivity index (χ3v) is 6.38. The lowest BCUT2D eigenvalue weighted by Crippen LogP contribution is -2.37. The van der Waals surface area contributed by atoms with Gasteiger partial charge in [0.15, 0.2) is 12.4 Å². The van der Waals surface area contributed by atoms with E-state index in [1.54, 1.807) is 0 Å². The molecule has 36 heavy (non-hydrogen) atoms. The van der Waals surface area contributed by atoms with Crippen LogP contribution in [0.5, 0.6) is 11.6 Å². The van der Waals surface area contributed by atoms with E-state index in [1.165, 1.54) is 12.4 Å². The second-order valence-corrected chi connectivity index (χ2v) is 9.12. The normalized spacial score (nSPS) is 20.2. The Hall–Kier alpha value is -3.73. The van der Waals surface area contributed by atoms with Gasteiger partial charge in [-0.25, -0.2) is 14.8 Å². The Balaban J connectivity index is 1.22. The number of ether oxygens (including phenoxy) is 3. The molecule has 1 aliphatic heterocycles. The van der Waals surface area contributed by atoms with Crippen LogP contribution in [0.25, 0.3) is 10.9 Å². The number of aliphatic carboxylic acids is 1. The summed E-state index contributed by atoms with van der Waals surface area (Å²) < 4.78 is 17.1. The predicted octanol–water partition coefficient (Wildman–Crippen LogP) is 2.83. The van der Waals surface area contributed by atoms with E-state index in [0.717, 1.165) is 61.1 Å². The molecule has 0 atom stereocenters. The molecule has 11 nitrogen and oxygen atoms in total. The number of hydrogen-bond acceptors (Lipinski definition) is 10. The molecule has 0 aromatic carbocycles. The summed E-state index contributed by atoms with van der Waals surface area (Å²) in [5.41, 5.74) is 1.95. The zero-order valence-corrected chi connectivity index (χ0v) is 20.2. The molecule has 5 rings (SSSR count). The Morgan fingerprint density at radius 1 is 1.11 bits per heavy atom. The van der Waals surface area contributed by atoms with E-state index < -0.39 is 12.6 Å². The van der Waals surface area contributed by atoms with Gasteiger partial charge in [0.2, 0.25) is 11.8 Å². The third kappa shape index (κ3) is 5.91. The third-order valence-electron chi connectivity index (χ3n) is 6.38. The lowest BCUT2D eigenvalue weighted by molar-refractivity contribution is -0.139. The summed E-state index contributed by atoms with van der Waals surface area (Å²) in [5, 5.41) is 13.0. The van der Waals surface area contributed by atoms with Crippen LogP contribution >= 0.6 is 0 Å². The van der Waals surface area contributed by atoms with Gasteiger partial charge in [-0.05, 0) is 44.2 Å². The summed E-state index contributed by atoms with van der Waals surface area (Å²) in [7, 11) is 0. The minimum Gasteiger partial charge on any atom is -0.479 e. The predicted molar refractivity (Wildman–Crippen MR) is 133 cm³/mol. The first-order valence-corrected chi connectivity index (χ1v) is 12.2. The minimum absolute atomic E-state index is 0.0620. The molecule has 3 aromatic heterocycles. The summed E-state index contributed by atoms with van der Waals surface area (Å²) in [4.78, 5) is 30.8. The highest BCUT2D eigenvalue weighted by Crippen LogP contribution is 2.32. The first-order chi connectivity index (χ1) is 17.5. The number of nitrogens with one attached hydrogen (secondary N) is 1. The summed E-state index contributed by atoms with van der Waals surface area (Å²) in [6.07, 6.45) is 8.45. The molecule has 0 spiro atoms. The van der Waals surface area contributed by atoms with Gasteiger partial charge >= 0.3 is 5.97 Å². The molecule has 3 aromatic rings. The molecule has 0 bridgehead atoms. The Morgan fingerprint density at radius 3 is 2.58 bits per heavy atom. The van der Waals surface area contributed by atoms with Gasteiger partial charge in [-0.2, -0.15) is 4.98 Å². The average molecular weight is 495 g/mol. The van der Waals surface area contributed by atoms with Crippen molar-refractivity contribution in [1.82, 2.24) is 19.9 Å². The topological polar surface area (TPSA) is 132 Å². The van der Waals surface area contributed by atoms with Crippen LogP contribution in [0.3, 0.4) is 0 Å². The highest BCUT2D eigenvalue weighted by molar-refractivity contribution is 5.86. The summed E-state index contributed by atoms with van der Waals surface area (Å²) in [5.74, 6) is 1.29. The molecule has 2 aliphatic rings. The van der Waals surface area contributed by atoms with E-state index >= 15 is 0 Å². The van der Waals surface area contributed by atoms with Crippen LogP contribution in [0.15, 0.2) is 30.7 Å². The largest absolute Gasteiger partial charge is 0.479 e. The van der Waals surface area contributed by atoms with Crippen molar-refractivity contribution in [2.45, 2.75) is 44.8 Å². The molecule has 1 aliphatic carbocycles. The monoisotopic (exact) mass is 494 g/mol. The standard InChI is InChI=1S/C25H30N6O5/c1-16-10-20-21(26-12-16)11-22(31-6-8-34-9-7-31)30-24(20)36-18-4-2-17(3-5-18)29-25-27-13-19(14-28-25)35-15-23(32)33/h10-14,17-18H,2-9,15H2,1H3,(H,32,33)(H,27,28,29)/t17-,18+. The van der Waals surface area contributed by atoms with Crippen molar-refractivity contribution in [1.29, 1.82) is 0 Å². The van der Waals surface area contributed by atoms with E-state index in [0.29, 0.717) is 30.8 Å². The smallest absolute Gasteiger partial charge is 0.341 e. The number of carbonyl (C=O) groups is 1. The number of rotatable bonds is 8. The van der Waals surface area contributed by atoms with Crippen LogP contribution in [0.4, 0.5) is 11.8 Å². The van der Waals surface area contributed by atoms with Crippen LogP contribution in [-0.4, -0.2) is 76.1 Å². The maximum absolute atomic E-state index is 10.6. The summed E-state index contributed by atoms with van der Waals surface area (Å²) in [6, 6.07) is 4.34. The summed E-state index contributed by atoms with van der Waals surface area (Å²) >= 11 is 0. The lowest BCUT2D eigenvalue weighted by atomic mass is 9.93. The van der Waals surface area contributed by atoms with Crippen molar-refractivity contribution < 1.29 is 24.1 Å². The molecule has 11 heteroatoms. The number of carboxylic acids is 1. The molecule has 4 heterocycles. The van der Waals surface area contributed by atoms with Gasteiger partial charge in [0.1, 0.15) is 11.9 Å². The molecular formula is C25H30N6O5. The molecule has 190 valence electrons. The number of nitrogens with zero attached hydrogens (tertiary/aromatic N) is 5. The van der Waals surface area contributed by atoms with Crippen molar-refractivity contribution >= 4 is 28.6 Å². The Bertz CT molecular complexity index is 1190. The Kier molecular flexibility index (Phi) is 7.26. The Morgan fingerprint density at radius 2 is 1.86 bits per heavy atom. The number of pyridine rings is 2. The molecule has 0 unspecified atom stereocenters. The zero-order chi connectivity index (χ0) is 24.9. The number of anilines is 2. The fourth-order valence-corrected chi connectivity index (χ4v) is 4.51. The van der Waals surface area contributed by atoms with Crippen molar-refractivity contribution in [3.63, 3.8) is 0 Å². The average Bonchev–Trinajstić information content (AvgIpc) is 2.90. The van der Waals surface area contributed by atoms with Crippen LogP contribution in [0.2, 0.25) is 0 Å². The van der Waals surface area contributed by atoms with Gasteiger partial charge < -0.3 is 29.5 Å². The van der Waals surface area contributed by atoms with Gasteiger partial charge in [0.25, 0.3) is 0 Å². The highest BCUT2D eigenvalue weighted by atomic mass is 16.5. The fourth-order valence-electron chi connectivity index (χ4n) is 4.51. The van der Waals surface area contributed by atoms with Crippen molar-refractivity contribution in [2.75, 3.05) is 43.1 Å². The van der Waals surface area contributed by atoms with E-state index in [1.807, 2.05) is 19.2 Å². The van der Waals surface area contributed by atoms with Crippen LogP contribution < -0.4 is 19.7 Å².